The van der Waals surface area contributed by atoms with Gasteiger partial charge in [-0.2, -0.15) is 0 Å². The van der Waals surface area contributed by atoms with Crippen LogP contribution in [0.1, 0.15) is 69.9 Å². The number of phenols is 1. The zero-order chi connectivity index (χ0) is 13.2. The molecule has 1 aromatic carbocycles. The fraction of sp³-hybridized carbons (Fsp3) is 0.647. The predicted molar refractivity (Wildman–Crippen MR) is 79.2 cm³/mol. The first kappa shape index (κ1) is 15.1. The Morgan fingerprint density at radius 2 is 1.56 bits per heavy atom. The van der Waals surface area contributed by atoms with Gasteiger partial charge >= 0.3 is 0 Å². The molecule has 0 amide bonds. The summed E-state index contributed by atoms with van der Waals surface area (Å²) in [5.41, 5.74) is 2.33. The minimum absolute atomic E-state index is 0.470. The van der Waals surface area contributed by atoms with Gasteiger partial charge in [0.1, 0.15) is 5.75 Å². The second kappa shape index (κ2) is 9.02. The van der Waals surface area contributed by atoms with Crippen molar-refractivity contribution in [2.45, 2.75) is 71.6 Å². The van der Waals surface area contributed by atoms with Crippen molar-refractivity contribution in [1.29, 1.82) is 0 Å². The Morgan fingerprint density at radius 3 is 2.17 bits per heavy atom. The molecule has 1 heteroatoms. The molecule has 1 nitrogen and oxygen atoms in total. The van der Waals surface area contributed by atoms with E-state index in [0.717, 1.165) is 18.4 Å². The van der Waals surface area contributed by atoms with E-state index in [1.54, 1.807) is 0 Å². The number of phenolic OH excluding ortho intramolecular Hbond substituents is 1. The maximum Gasteiger partial charge on any atom is 0.119 e. The summed E-state index contributed by atoms with van der Waals surface area (Å²) in [5, 5.41) is 9.79. The van der Waals surface area contributed by atoms with Crippen LogP contribution in [0.3, 0.4) is 0 Å². The van der Waals surface area contributed by atoms with Crippen LogP contribution in [-0.4, -0.2) is 5.11 Å². The highest BCUT2D eigenvalue weighted by Gasteiger charge is 2.00. The van der Waals surface area contributed by atoms with Crippen molar-refractivity contribution in [3.05, 3.63) is 29.3 Å². The van der Waals surface area contributed by atoms with Gasteiger partial charge in [0.15, 0.2) is 0 Å². The van der Waals surface area contributed by atoms with Crippen LogP contribution in [0.4, 0.5) is 0 Å². The number of aryl methyl sites for hydroxylation is 2. The molecular weight excluding hydrogens is 220 g/mol. The quantitative estimate of drug-likeness (QED) is 0.592. The lowest BCUT2D eigenvalue weighted by atomic mass is 10.0. The van der Waals surface area contributed by atoms with Gasteiger partial charge in [0.05, 0.1) is 0 Å². The van der Waals surface area contributed by atoms with Crippen LogP contribution >= 0.6 is 0 Å². The maximum atomic E-state index is 9.79. The normalized spacial score (nSPS) is 10.8. The molecule has 0 fully saturated rings. The van der Waals surface area contributed by atoms with E-state index in [1.807, 2.05) is 6.07 Å². The van der Waals surface area contributed by atoms with Crippen LogP contribution in [0, 0.1) is 0 Å². The Hall–Kier alpha value is -0.980. The molecule has 1 N–H and O–H groups in total. The van der Waals surface area contributed by atoms with E-state index in [2.05, 4.69) is 26.0 Å². The Kier molecular flexibility index (Phi) is 7.55. The standard InChI is InChI=1S/C17H28O/c1-3-5-6-7-8-9-10-11-15-12-13-16(4-2)17(18)14-15/h12-14,18H,3-11H2,1-2H3. The highest BCUT2D eigenvalue weighted by Crippen LogP contribution is 2.20. The average Bonchev–Trinajstić information content (AvgIpc) is 2.38. The molecule has 0 radical (unpaired) electrons. The third-order valence-electron chi connectivity index (χ3n) is 3.60. The summed E-state index contributed by atoms with van der Waals surface area (Å²) < 4.78 is 0. The smallest absolute Gasteiger partial charge is 0.119 e. The summed E-state index contributed by atoms with van der Waals surface area (Å²) in [6, 6.07) is 6.16. The molecule has 0 saturated heterocycles. The van der Waals surface area contributed by atoms with E-state index < -0.39 is 0 Å². The van der Waals surface area contributed by atoms with Crippen molar-refractivity contribution in [1.82, 2.24) is 0 Å². The van der Waals surface area contributed by atoms with E-state index >= 15 is 0 Å². The fourth-order valence-corrected chi connectivity index (χ4v) is 2.35. The van der Waals surface area contributed by atoms with Crippen molar-refractivity contribution in [2.24, 2.45) is 0 Å². The number of hydrogen-bond donors (Lipinski definition) is 1. The Morgan fingerprint density at radius 1 is 0.889 bits per heavy atom. The van der Waals surface area contributed by atoms with Crippen molar-refractivity contribution >= 4 is 0 Å². The molecule has 0 aliphatic carbocycles. The molecule has 0 spiro atoms. The van der Waals surface area contributed by atoms with Gasteiger partial charge in [-0.25, -0.2) is 0 Å². The van der Waals surface area contributed by atoms with Gasteiger partial charge < -0.3 is 5.11 Å². The molecule has 102 valence electrons. The van der Waals surface area contributed by atoms with Crippen LogP contribution in [0.2, 0.25) is 0 Å². The molecule has 0 bridgehead atoms. The average molecular weight is 248 g/mol. The number of unbranched alkanes of at least 4 members (excludes halogenated alkanes) is 6. The van der Waals surface area contributed by atoms with Crippen LogP contribution in [-0.2, 0) is 12.8 Å². The van der Waals surface area contributed by atoms with Gasteiger partial charge in [-0.05, 0) is 36.5 Å². The van der Waals surface area contributed by atoms with Gasteiger partial charge in [0.2, 0.25) is 0 Å². The van der Waals surface area contributed by atoms with Crippen LogP contribution in [0.5, 0.6) is 5.75 Å². The Balaban J connectivity index is 2.17. The molecule has 1 rings (SSSR count). The first-order valence-electron chi connectivity index (χ1n) is 7.58. The molecule has 0 saturated carbocycles. The van der Waals surface area contributed by atoms with Crippen LogP contribution in [0.15, 0.2) is 18.2 Å². The molecule has 0 aliphatic rings. The van der Waals surface area contributed by atoms with E-state index in [0.29, 0.717) is 5.75 Å². The third-order valence-corrected chi connectivity index (χ3v) is 3.60. The third kappa shape index (κ3) is 5.57. The summed E-state index contributed by atoms with van der Waals surface area (Å²) >= 11 is 0. The summed E-state index contributed by atoms with van der Waals surface area (Å²) in [6.07, 6.45) is 11.4. The first-order chi connectivity index (χ1) is 8.77. The maximum absolute atomic E-state index is 9.79. The number of aromatic hydroxyl groups is 1. The number of rotatable bonds is 9. The topological polar surface area (TPSA) is 20.2 Å². The molecule has 0 aliphatic heterocycles. The lowest BCUT2D eigenvalue weighted by Crippen LogP contribution is -1.89. The minimum atomic E-state index is 0.470. The van der Waals surface area contributed by atoms with E-state index in [9.17, 15) is 5.11 Å². The second-order valence-electron chi connectivity index (χ2n) is 5.19. The molecule has 18 heavy (non-hydrogen) atoms. The molecule has 0 aromatic heterocycles. The lowest BCUT2D eigenvalue weighted by molar-refractivity contribution is 0.468. The SMILES string of the molecule is CCCCCCCCCc1ccc(CC)c(O)c1. The zero-order valence-corrected chi connectivity index (χ0v) is 12.0. The summed E-state index contributed by atoms with van der Waals surface area (Å²) in [7, 11) is 0. The highest BCUT2D eigenvalue weighted by molar-refractivity contribution is 5.36. The van der Waals surface area contributed by atoms with Gasteiger partial charge in [-0.3, -0.25) is 0 Å². The molecule has 1 aromatic rings. The molecule has 0 heterocycles. The molecule has 0 unspecified atom stereocenters. The second-order valence-corrected chi connectivity index (χ2v) is 5.19. The summed E-state index contributed by atoms with van der Waals surface area (Å²) in [4.78, 5) is 0. The lowest BCUT2D eigenvalue weighted by Gasteiger charge is -2.06. The molecule has 0 atom stereocenters. The van der Waals surface area contributed by atoms with Crippen molar-refractivity contribution in [3.8, 4) is 5.75 Å². The van der Waals surface area contributed by atoms with Crippen LogP contribution < -0.4 is 0 Å². The Bertz CT molecular complexity index is 330. The van der Waals surface area contributed by atoms with Gasteiger partial charge in [-0.15, -0.1) is 0 Å². The van der Waals surface area contributed by atoms with E-state index in [-0.39, 0.29) is 0 Å². The Labute approximate surface area is 112 Å². The van der Waals surface area contributed by atoms with Crippen molar-refractivity contribution in [2.75, 3.05) is 0 Å². The van der Waals surface area contributed by atoms with Crippen molar-refractivity contribution < 1.29 is 5.11 Å². The first-order valence-corrected chi connectivity index (χ1v) is 7.58. The van der Waals surface area contributed by atoms with Gasteiger partial charge in [0.25, 0.3) is 0 Å². The highest BCUT2D eigenvalue weighted by atomic mass is 16.3. The zero-order valence-electron chi connectivity index (χ0n) is 12.0. The predicted octanol–water partition coefficient (Wildman–Crippen LogP) is 5.25. The monoisotopic (exact) mass is 248 g/mol. The van der Waals surface area contributed by atoms with E-state index in [4.69, 9.17) is 0 Å². The van der Waals surface area contributed by atoms with Gasteiger partial charge in [-0.1, -0.05) is 64.5 Å². The minimum Gasteiger partial charge on any atom is -0.508 e. The van der Waals surface area contributed by atoms with Crippen molar-refractivity contribution in [3.63, 3.8) is 0 Å². The van der Waals surface area contributed by atoms with Gasteiger partial charge in [0, 0.05) is 0 Å². The van der Waals surface area contributed by atoms with E-state index in [1.165, 1.54) is 50.5 Å². The molecular formula is C17H28O. The van der Waals surface area contributed by atoms with Crippen LogP contribution in [0.25, 0.3) is 0 Å². The number of benzene rings is 1. The number of hydrogen-bond acceptors (Lipinski definition) is 1. The fourth-order valence-electron chi connectivity index (χ4n) is 2.35. The largest absolute Gasteiger partial charge is 0.508 e. The summed E-state index contributed by atoms with van der Waals surface area (Å²) in [5.74, 6) is 0.470. The summed E-state index contributed by atoms with van der Waals surface area (Å²) in [6.45, 7) is 4.33.